The minimum Gasteiger partial charge on any atom is -0.484 e. The highest BCUT2D eigenvalue weighted by atomic mass is 16.5. The van der Waals surface area contributed by atoms with Gasteiger partial charge < -0.3 is 15.8 Å². The largest absolute Gasteiger partial charge is 0.484 e. The number of hydrogen-bond donors (Lipinski definition) is 2. The SMILES string of the molecule is CCCc1ccc(OCC(=O)Nc2ccc(N)cc2)cc1. The van der Waals surface area contributed by atoms with Crippen LogP contribution >= 0.6 is 0 Å². The molecule has 4 heteroatoms. The van der Waals surface area contributed by atoms with E-state index in [4.69, 9.17) is 10.5 Å². The van der Waals surface area contributed by atoms with Crippen LogP contribution < -0.4 is 15.8 Å². The molecule has 0 aliphatic carbocycles. The van der Waals surface area contributed by atoms with Crippen molar-refractivity contribution in [1.82, 2.24) is 0 Å². The monoisotopic (exact) mass is 284 g/mol. The molecule has 2 aromatic carbocycles. The lowest BCUT2D eigenvalue weighted by atomic mass is 10.1. The summed E-state index contributed by atoms with van der Waals surface area (Å²) in [6.45, 7) is 2.13. The summed E-state index contributed by atoms with van der Waals surface area (Å²) in [7, 11) is 0. The maximum absolute atomic E-state index is 11.8. The van der Waals surface area contributed by atoms with Crippen molar-refractivity contribution in [3.05, 3.63) is 54.1 Å². The molecular weight excluding hydrogens is 264 g/mol. The van der Waals surface area contributed by atoms with Gasteiger partial charge in [-0.15, -0.1) is 0 Å². The van der Waals surface area contributed by atoms with Crippen molar-refractivity contribution in [2.75, 3.05) is 17.7 Å². The lowest BCUT2D eigenvalue weighted by Crippen LogP contribution is -2.20. The highest BCUT2D eigenvalue weighted by molar-refractivity contribution is 5.92. The number of hydrogen-bond acceptors (Lipinski definition) is 3. The molecule has 1 amide bonds. The standard InChI is InChI=1S/C17H20N2O2/c1-2-3-13-4-10-16(11-5-13)21-12-17(20)19-15-8-6-14(18)7-9-15/h4-11H,2-3,12,18H2,1H3,(H,19,20). The predicted octanol–water partition coefficient (Wildman–Crippen LogP) is 3.24. The molecule has 2 rings (SSSR count). The highest BCUT2D eigenvalue weighted by Crippen LogP contribution is 2.14. The second-order valence-corrected chi connectivity index (χ2v) is 4.85. The number of nitrogen functional groups attached to an aromatic ring is 1. The van der Waals surface area contributed by atoms with Crippen LogP contribution in [0.5, 0.6) is 5.75 Å². The molecule has 0 unspecified atom stereocenters. The third kappa shape index (κ3) is 4.84. The number of ether oxygens (including phenoxy) is 1. The topological polar surface area (TPSA) is 64.3 Å². The summed E-state index contributed by atoms with van der Waals surface area (Å²) in [5.41, 5.74) is 8.23. The maximum atomic E-state index is 11.8. The highest BCUT2D eigenvalue weighted by Gasteiger charge is 2.03. The Morgan fingerprint density at radius 2 is 1.76 bits per heavy atom. The Balaban J connectivity index is 1.81. The van der Waals surface area contributed by atoms with Crippen LogP contribution in [-0.4, -0.2) is 12.5 Å². The fourth-order valence-corrected chi connectivity index (χ4v) is 1.95. The minimum absolute atomic E-state index is 0.0164. The van der Waals surface area contributed by atoms with Gasteiger partial charge in [0.2, 0.25) is 0 Å². The van der Waals surface area contributed by atoms with Crippen molar-refractivity contribution in [2.45, 2.75) is 19.8 Å². The van der Waals surface area contributed by atoms with E-state index in [1.807, 2.05) is 24.3 Å². The minimum atomic E-state index is -0.197. The van der Waals surface area contributed by atoms with Crippen molar-refractivity contribution in [3.8, 4) is 5.75 Å². The number of benzene rings is 2. The van der Waals surface area contributed by atoms with E-state index in [-0.39, 0.29) is 12.5 Å². The van der Waals surface area contributed by atoms with Gasteiger partial charge in [-0.05, 0) is 48.4 Å². The molecule has 0 bridgehead atoms. The van der Waals surface area contributed by atoms with E-state index >= 15 is 0 Å². The Labute approximate surface area is 124 Å². The molecule has 0 radical (unpaired) electrons. The zero-order valence-corrected chi connectivity index (χ0v) is 12.1. The third-order valence-electron chi connectivity index (χ3n) is 3.03. The van der Waals surface area contributed by atoms with Crippen molar-refractivity contribution in [1.29, 1.82) is 0 Å². The zero-order chi connectivity index (χ0) is 15.1. The summed E-state index contributed by atoms with van der Waals surface area (Å²) in [4.78, 5) is 11.8. The van der Waals surface area contributed by atoms with Gasteiger partial charge in [0.15, 0.2) is 6.61 Å². The average molecular weight is 284 g/mol. The first kappa shape index (κ1) is 14.9. The molecule has 0 aromatic heterocycles. The van der Waals surface area contributed by atoms with Crippen LogP contribution in [0.1, 0.15) is 18.9 Å². The van der Waals surface area contributed by atoms with Gasteiger partial charge in [-0.1, -0.05) is 25.5 Å². The van der Waals surface area contributed by atoms with E-state index in [0.29, 0.717) is 17.1 Å². The van der Waals surface area contributed by atoms with Crippen LogP contribution in [0, 0.1) is 0 Å². The average Bonchev–Trinajstić information content (AvgIpc) is 2.49. The molecular formula is C17H20N2O2. The summed E-state index contributed by atoms with van der Waals surface area (Å²) in [6, 6.07) is 14.8. The van der Waals surface area contributed by atoms with Crippen molar-refractivity contribution in [2.24, 2.45) is 0 Å². The molecule has 21 heavy (non-hydrogen) atoms. The Morgan fingerprint density at radius 3 is 2.38 bits per heavy atom. The molecule has 0 aliphatic rings. The summed E-state index contributed by atoms with van der Waals surface area (Å²) in [5, 5.41) is 2.75. The molecule has 0 spiro atoms. The summed E-state index contributed by atoms with van der Waals surface area (Å²) >= 11 is 0. The first-order valence-electron chi connectivity index (χ1n) is 7.04. The van der Waals surface area contributed by atoms with Crippen LogP contribution in [-0.2, 0) is 11.2 Å². The molecule has 3 N–H and O–H groups in total. The Hall–Kier alpha value is -2.49. The van der Waals surface area contributed by atoms with Gasteiger partial charge in [-0.3, -0.25) is 4.79 Å². The molecule has 0 saturated carbocycles. The lowest BCUT2D eigenvalue weighted by Gasteiger charge is -2.08. The van der Waals surface area contributed by atoms with Gasteiger partial charge in [0, 0.05) is 11.4 Å². The lowest BCUT2D eigenvalue weighted by molar-refractivity contribution is -0.118. The molecule has 0 heterocycles. The van der Waals surface area contributed by atoms with Crippen LogP contribution in [0.2, 0.25) is 0 Å². The molecule has 0 atom stereocenters. The van der Waals surface area contributed by atoms with E-state index in [1.54, 1.807) is 24.3 Å². The number of carbonyl (C=O) groups is 1. The molecule has 110 valence electrons. The number of aryl methyl sites for hydroxylation is 1. The maximum Gasteiger partial charge on any atom is 0.262 e. The predicted molar refractivity (Wildman–Crippen MR) is 85.4 cm³/mol. The van der Waals surface area contributed by atoms with Crippen molar-refractivity contribution < 1.29 is 9.53 Å². The van der Waals surface area contributed by atoms with Crippen LogP contribution in [0.25, 0.3) is 0 Å². The van der Waals surface area contributed by atoms with Crippen molar-refractivity contribution in [3.63, 3.8) is 0 Å². The van der Waals surface area contributed by atoms with Gasteiger partial charge >= 0.3 is 0 Å². The number of amides is 1. The third-order valence-corrected chi connectivity index (χ3v) is 3.03. The fourth-order valence-electron chi connectivity index (χ4n) is 1.95. The van der Waals surface area contributed by atoms with Gasteiger partial charge in [0.1, 0.15) is 5.75 Å². The second kappa shape index (κ2) is 7.33. The molecule has 0 aliphatic heterocycles. The van der Waals surface area contributed by atoms with E-state index in [0.717, 1.165) is 12.8 Å². The molecule has 2 aromatic rings. The molecule has 0 fully saturated rings. The van der Waals surface area contributed by atoms with E-state index < -0.39 is 0 Å². The van der Waals surface area contributed by atoms with Gasteiger partial charge in [0.25, 0.3) is 5.91 Å². The first-order chi connectivity index (χ1) is 10.2. The number of anilines is 2. The first-order valence-corrected chi connectivity index (χ1v) is 7.04. The van der Waals surface area contributed by atoms with E-state index in [9.17, 15) is 4.79 Å². The zero-order valence-electron chi connectivity index (χ0n) is 12.1. The molecule has 4 nitrogen and oxygen atoms in total. The quantitative estimate of drug-likeness (QED) is 0.800. The van der Waals surface area contributed by atoms with Gasteiger partial charge in [0.05, 0.1) is 0 Å². The number of nitrogens with two attached hydrogens (primary N) is 1. The second-order valence-electron chi connectivity index (χ2n) is 4.85. The van der Waals surface area contributed by atoms with Gasteiger partial charge in [-0.2, -0.15) is 0 Å². The van der Waals surface area contributed by atoms with Crippen LogP contribution in [0.4, 0.5) is 11.4 Å². The van der Waals surface area contributed by atoms with Crippen LogP contribution in [0.15, 0.2) is 48.5 Å². The summed E-state index contributed by atoms with van der Waals surface area (Å²) in [5.74, 6) is 0.500. The summed E-state index contributed by atoms with van der Waals surface area (Å²) < 4.78 is 5.46. The normalized spacial score (nSPS) is 10.1. The van der Waals surface area contributed by atoms with Gasteiger partial charge in [-0.25, -0.2) is 0 Å². The summed E-state index contributed by atoms with van der Waals surface area (Å²) in [6.07, 6.45) is 2.17. The van der Waals surface area contributed by atoms with Crippen LogP contribution in [0.3, 0.4) is 0 Å². The smallest absolute Gasteiger partial charge is 0.262 e. The van der Waals surface area contributed by atoms with E-state index in [2.05, 4.69) is 12.2 Å². The number of carbonyl (C=O) groups excluding carboxylic acids is 1. The van der Waals surface area contributed by atoms with E-state index in [1.165, 1.54) is 5.56 Å². The Kier molecular flexibility index (Phi) is 5.21. The fraction of sp³-hybridized carbons (Fsp3) is 0.235. The Bertz CT molecular complexity index is 577. The number of rotatable bonds is 6. The number of nitrogens with one attached hydrogen (secondary N) is 1. The molecule has 0 saturated heterocycles. The Morgan fingerprint density at radius 1 is 1.10 bits per heavy atom. The van der Waals surface area contributed by atoms with Crippen molar-refractivity contribution >= 4 is 17.3 Å².